The zero-order valence-corrected chi connectivity index (χ0v) is 21.1. The van der Waals surface area contributed by atoms with E-state index in [1.807, 2.05) is 59.3 Å². The number of halogens is 1. The van der Waals surface area contributed by atoms with E-state index >= 15 is 0 Å². The van der Waals surface area contributed by atoms with Crippen molar-refractivity contribution < 1.29 is 9.32 Å². The molecule has 0 radical (unpaired) electrons. The first kappa shape index (κ1) is 23.0. The van der Waals surface area contributed by atoms with Crippen molar-refractivity contribution in [3.8, 4) is 10.6 Å². The minimum Gasteiger partial charge on any atom is -0.355 e. The number of aromatic amines is 1. The molecule has 184 valence electrons. The first-order chi connectivity index (χ1) is 17.6. The highest BCUT2D eigenvalue weighted by atomic mass is 35.5. The Hall–Kier alpha value is -3.40. The number of likely N-dealkylation sites (tertiary alicyclic amines) is 1. The van der Waals surface area contributed by atoms with E-state index in [2.05, 4.69) is 25.3 Å². The van der Waals surface area contributed by atoms with Gasteiger partial charge >= 0.3 is 0 Å². The first-order valence-corrected chi connectivity index (χ1v) is 13.1. The molecule has 10 heteroatoms. The van der Waals surface area contributed by atoms with Gasteiger partial charge in [-0.15, -0.1) is 11.3 Å². The molecule has 4 aromatic heterocycles. The molecule has 5 aromatic rings. The van der Waals surface area contributed by atoms with Crippen molar-refractivity contribution in [3.63, 3.8) is 0 Å². The molecule has 2 N–H and O–H groups in total. The Balaban J connectivity index is 1.17. The summed E-state index contributed by atoms with van der Waals surface area (Å²) in [6.45, 7) is 3.08. The van der Waals surface area contributed by atoms with Crippen molar-refractivity contribution in [2.75, 3.05) is 13.1 Å². The summed E-state index contributed by atoms with van der Waals surface area (Å²) in [6, 6.07) is 15.8. The number of carbonyl (C=O) groups is 1. The fraction of sp³-hybridized carbons (Fsp3) is 0.269. The summed E-state index contributed by atoms with van der Waals surface area (Å²) in [6.07, 6.45) is 5.43. The monoisotopic (exact) mass is 520 g/mol. The summed E-state index contributed by atoms with van der Waals surface area (Å²) in [7, 11) is 0. The number of para-hydroxylation sites is 1. The molecule has 0 bridgehead atoms. The predicted molar refractivity (Wildman–Crippen MR) is 140 cm³/mol. The van der Waals surface area contributed by atoms with Crippen LogP contribution in [0, 0.1) is 0 Å². The van der Waals surface area contributed by atoms with Crippen LogP contribution in [-0.2, 0) is 13.1 Å². The number of rotatable bonds is 7. The van der Waals surface area contributed by atoms with E-state index in [4.69, 9.17) is 16.1 Å². The maximum atomic E-state index is 13.4. The molecule has 1 fully saturated rings. The lowest BCUT2D eigenvalue weighted by molar-refractivity contribution is 0.0899. The van der Waals surface area contributed by atoms with E-state index < -0.39 is 0 Å². The molecule has 5 heterocycles. The average molecular weight is 521 g/mol. The third kappa shape index (κ3) is 4.82. The van der Waals surface area contributed by atoms with E-state index in [9.17, 15) is 4.79 Å². The standard InChI is InChI=1S/C26H25ClN6O2S/c27-24-6-5-23(36-24)22-14-19(31-35-22)15-33-20-4-2-1-3-17(20)13-21(33)26(34)30-18-7-11-32(12-8-18)16-25-28-9-10-29-25/h1-6,9-10,13-14,18H,7-8,11-12,15-16H2,(H,28,29)(H,30,34). The lowest BCUT2D eigenvalue weighted by Gasteiger charge is -2.31. The number of nitrogens with zero attached hydrogens (tertiary/aromatic N) is 4. The number of aromatic nitrogens is 4. The highest BCUT2D eigenvalue weighted by molar-refractivity contribution is 7.19. The number of amides is 1. The van der Waals surface area contributed by atoms with Crippen LogP contribution >= 0.6 is 22.9 Å². The minimum absolute atomic E-state index is 0.0653. The minimum atomic E-state index is -0.0653. The molecule has 0 atom stereocenters. The second-order valence-corrected chi connectivity index (χ2v) is 10.7. The van der Waals surface area contributed by atoms with Crippen LogP contribution in [0.3, 0.4) is 0 Å². The Labute approximate surface area is 216 Å². The molecule has 1 amide bonds. The number of piperidine rings is 1. The first-order valence-electron chi connectivity index (χ1n) is 11.9. The normalized spacial score (nSPS) is 15.0. The van der Waals surface area contributed by atoms with Gasteiger partial charge in [0.25, 0.3) is 5.91 Å². The Morgan fingerprint density at radius 1 is 1.17 bits per heavy atom. The van der Waals surface area contributed by atoms with Crippen LogP contribution in [-0.4, -0.2) is 49.6 Å². The third-order valence-electron chi connectivity index (χ3n) is 6.59. The highest BCUT2D eigenvalue weighted by Gasteiger charge is 2.24. The maximum Gasteiger partial charge on any atom is 0.268 e. The van der Waals surface area contributed by atoms with Crippen molar-refractivity contribution in [3.05, 3.63) is 82.5 Å². The number of imidazole rings is 1. The molecular formula is C26H25ClN6O2S. The number of carbonyl (C=O) groups excluding carboxylic acids is 1. The number of hydrogen-bond acceptors (Lipinski definition) is 6. The number of H-pyrrole nitrogens is 1. The van der Waals surface area contributed by atoms with Crippen molar-refractivity contribution >= 4 is 39.7 Å². The smallest absolute Gasteiger partial charge is 0.268 e. The molecule has 1 saturated heterocycles. The summed E-state index contributed by atoms with van der Waals surface area (Å²) in [4.78, 5) is 24.2. The fourth-order valence-electron chi connectivity index (χ4n) is 4.77. The average Bonchev–Trinajstić information content (AvgIpc) is 3.69. The largest absolute Gasteiger partial charge is 0.355 e. The molecule has 8 nitrogen and oxygen atoms in total. The van der Waals surface area contributed by atoms with Crippen molar-refractivity contribution in [2.24, 2.45) is 0 Å². The molecule has 0 unspecified atom stereocenters. The van der Waals surface area contributed by atoms with Crippen LogP contribution in [0.4, 0.5) is 0 Å². The summed E-state index contributed by atoms with van der Waals surface area (Å²) >= 11 is 7.52. The molecule has 1 aliphatic rings. The molecule has 6 rings (SSSR count). The van der Waals surface area contributed by atoms with Gasteiger partial charge in [-0.2, -0.15) is 0 Å². The molecule has 0 aliphatic carbocycles. The number of thiophene rings is 1. The van der Waals surface area contributed by atoms with Gasteiger partial charge in [-0.1, -0.05) is 35.0 Å². The maximum absolute atomic E-state index is 13.4. The van der Waals surface area contributed by atoms with Crippen LogP contribution in [0.5, 0.6) is 0 Å². The summed E-state index contributed by atoms with van der Waals surface area (Å²) < 4.78 is 8.28. The number of nitrogens with one attached hydrogen (secondary N) is 2. The summed E-state index contributed by atoms with van der Waals surface area (Å²) in [5.74, 6) is 1.58. The number of fused-ring (bicyclic) bond motifs is 1. The van der Waals surface area contributed by atoms with Crippen LogP contribution in [0.25, 0.3) is 21.5 Å². The molecule has 1 aromatic carbocycles. The molecule has 0 saturated carbocycles. The third-order valence-corrected chi connectivity index (χ3v) is 7.84. The van der Waals surface area contributed by atoms with Gasteiger partial charge in [-0.25, -0.2) is 4.98 Å². The van der Waals surface area contributed by atoms with Gasteiger partial charge in [0.1, 0.15) is 17.2 Å². The van der Waals surface area contributed by atoms with E-state index in [0.29, 0.717) is 22.3 Å². The second-order valence-electron chi connectivity index (χ2n) is 9.02. The fourth-order valence-corrected chi connectivity index (χ4v) is 5.76. The van der Waals surface area contributed by atoms with Gasteiger partial charge in [0.15, 0.2) is 5.76 Å². The quantitative estimate of drug-likeness (QED) is 0.308. The van der Waals surface area contributed by atoms with E-state index in [1.165, 1.54) is 11.3 Å². The summed E-state index contributed by atoms with van der Waals surface area (Å²) in [5, 5.41) is 8.55. The van der Waals surface area contributed by atoms with Crippen molar-refractivity contribution in [2.45, 2.75) is 32.0 Å². The molecule has 0 spiro atoms. The van der Waals surface area contributed by atoms with Crippen molar-refractivity contribution in [1.29, 1.82) is 0 Å². The van der Waals surface area contributed by atoms with Gasteiger partial charge in [-0.05, 0) is 37.1 Å². The van der Waals surface area contributed by atoms with Gasteiger partial charge in [0, 0.05) is 48.5 Å². The second kappa shape index (κ2) is 9.93. The zero-order chi connectivity index (χ0) is 24.5. The Bertz CT molecular complexity index is 1480. The van der Waals surface area contributed by atoms with Gasteiger partial charge in [-0.3, -0.25) is 9.69 Å². The Kier molecular flexibility index (Phi) is 6.35. The number of benzene rings is 1. The van der Waals surface area contributed by atoms with Gasteiger partial charge < -0.3 is 19.4 Å². The van der Waals surface area contributed by atoms with Crippen LogP contribution in [0.15, 0.2) is 65.4 Å². The van der Waals surface area contributed by atoms with Gasteiger partial charge in [0.05, 0.1) is 22.3 Å². The van der Waals surface area contributed by atoms with Gasteiger partial charge in [0.2, 0.25) is 0 Å². The van der Waals surface area contributed by atoms with Crippen LogP contribution < -0.4 is 5.32 Å². The lowest BCUT2D eigenvalue weighted by Crippen LogP contribution is -2.44. The Morgan fingerprint density at radius 3 is 2.81 bits per heavy atom. The van der Waals surface area contributed by atoms with E-state index in [0.717, 1.165) is 59.8 Å². The topological polar surface area (TPSA) is 92.0 Å². The van der Waals surface area contributed by atoms with Crippen LogP contribution in [0.1, 0.15) is 34.8 Å². The zero-order valence-electron chi connectivity index (χ0n) is 19.5. The molecular weight excluding hydrogens is 496 g/mol. The number of hydrogen-bond donors (Lipinski definition) is 2. The van der Waals surface area contributed by atoms with Crippen molar-refractivity contribution in [1.82, 2.24) is 29.9 Å². The SMILES string of the molecule is O=C(NC1CCN(Cc2ncc[nH]2)CC1)c1cc2ccccc2n1Cc1cc(-c2ccc(Cl)s2)on1. The Morgan fingerprint density at radius 2 is 2.03 bits per heavy atom. The molecule has 36 heavy (non-hydrogen) atoms. The van der Waals surface area contributed by atoms with Crippen LogP contribution in [0.2, 0.25) is 4.34 Å². The van der Waals surface area contributed by atoms with E-state index in [1.54, 1.807) is 6.20 Å². The summed E-state index contributed by atoms with van der Waals surface area (Å²) in [5.41, 5.74) is 2.36. The predicted octanol–water partition coefficient (Wildman–Crippen LogP) is 5.18. The highest BCUT2D eigenvalue weighted by Crippen LogP contribution is 2.32. The lowest BCUT2D eigenvalue weighted by atomic mass is 10.0. The van der Waals surface area contributed by atoms with E-state index in [-0.39, 0.29) is 11.9 Å². The molecule has 1 aliphatic heterocycles.